The van der Waals surface area contributed by atoms with Gasteiger partial charge in [0.25, 0.3) is 0 Å². The summed E-state index contributed by atoms with van der Waals surface area (Å²) in [5.74, 6) is 0.753. The monoisotopic (exact) mass is 261 g/mol. The number of pyridine rings is 1. The predicted molar refractivity (Wildman–Crippen MR) is 80.2 cm³/mol. The Morgan fingerprint density at radius 2 is 1.50 bits per heavy atom. The van der Waals surface area contributed by atoms with Gasteiger partial charge in [-0.1, -0.05) is 35.9 Å². The van der Waals surface area contributed by atoms with Crippen LogP contribution in [0.2, 0.25) is 0 Å². The number of rotatable bonds is 2. The molecule has 20 heavy (non-hydrogen) atoms. The van der Waals surface area contributed by atoms with E-state index in [1.807, 2.05) is 31.2 Å². The smallest absolute Gasteiger partial charge is 0.126 e. The van der Waals surface area contributed by atoms with Crippen LogP contribution in [0.3, 0.4) is 0 Å². The summed E-state index contributed by atoms with van der Waals surface area (Å²) in [6, 6.07) is 16.2. The molecule has 0 bridgehead atoms. The fraction of sp³-hybridized carbons (Fsp3) is 0.118. The van der Waals surface area contributed by atoms with Gasteiger partial charge in [-0.05, 0) is 32.0 Å². The van der Waals surface area contributed by atoms with Crippen molar-refractivity contribution in [2.75, 3.05) is 0 Å². The van der Waals surface area contributed by atoms with Crippen molar-refractivity contribution in [2.45, 2.75) is 13.8 Å². The molecule has 3 rings (SSSR count). The van der Waals surface area contributed by atoms with Gasteiger partial charge < -0.3 is 0 Å². The zero-order valence-electron chi connectivity index (χ0n) is 11.5. The van der Waals surface area contributed by atoms with Crippen LogP contribution in [0.5, 0.6) is 0 Å². The van der Waals surface area contributed by atoms with Crippen molar-refractivity contribution < 1.29 is 0 Å². The van der Waals surface area contributed by atoms with Crippen LogP contribution >= 0.6 is 0 Å². The average molecular weight is 261 g/mol. The molecule has 0 aliphatic carbocycles. The molecule has 98 valence electrons. The molecule has 0 fully saturated rings. The number of aromatic nitrogens is 3. The van der Waals surface area contributed by atoms with E-state index in [2.05, 4.69) is 46.1 Å². The highest BCUT2D eigenvalue weighted by molar-refractivity contribution is 5.66. The number of aryl methyl sites for hydroxylation is 2. The maximum Gasteiger partial charge on any atom is 0.126 e. The summed E-state index contributed by atoms with van der Waals surface area (Å²) < 4.78 is 0. The van der Waals surface area contributed by atoms with Gasteiger partial charge in [0.2, 0.25) is 0 Å². The van der Waals surface area contributed by atoms with Gasteiger partial charge in [0.1, 0.15) is 5.82 Å². The minimum Gasteiger partial charge on any atom is -0.255 e. The molecule has 1 aromatic carbocycles. The molecule has 0 amide bonds. The molecule has 0 spiro atoms. The van der Waals surface area contributed by atoms with Crippen LogP contribution in [0.1, 0.15) is 11.4 Å². The van der Waals surface area contributed by atoms with Crippen LogP contribution in [0.15, 0.2) is 54.7 Å². The van der Waals surface area contributed by atoms with Crippen molar-refractivity contribution in [3.63, 3.8) is 0 Å². The Hall–Kier alpha value is -2.55. The van der Waals surface area contributed by atoms with Crippen molar-refractivity contribution in [1.82, 2.24) is 15.0 Å². The highest BCUT2D eigenvalue weighted by Crippen LogP contribution is 2.22. The lowest BCUT2D eigenvalue weighted by molar-refractivity contribution is 1.05. The first-order valence-electron chi connectivity index (χ1n) is 6.56. The van der Waals surface area contributed by atoms with Crippen LogP contribution in [0, 0.1) is 13.8 Å². The van der Waals surface area contributed by atoms with E-state index in [1.54, 1.807) is 6.20 Å². The summed E-state index contributed by atoms with van der Waals surface area (Å²) >= 11 is 0. The molecule has 3 heteroatoms. The van der Waals surface area contributed by atoms with Gasteiger partial charge in [0.15, 0.2) is 0 Å². The molecule has 0 aliphatic heterocycles. The standard InChI is InChI=1S/C17H15N3/c1-12-6-8-14(9-7-12)16-11-17(20-13(2)19-16)15-5-3-4-10-18-15/h3-11H,1-2H3. The molecule has 3 aromatic rings. The topological polar surface area (TPSA) is 38.7 Å². The molecule has 0 saturated heterocycles. The third-order valence-electron chi connectivity index (χ3n) is 3.11. The first-order chi connectivity index (χ1) is 9.72. The molecule has 0 aliphatic rings. The van der Waals surface area contributed by atoms with Gasteiger partial charge in [0, 0.05) is 11.8 Å². The fourth-order valence-corrected chi connectivity index (χ4v) is 2.09. The molecule has 0 N–H and O–H groups in total. The van der Waals surface area contributed by atoms with Crippen molar-refractivity contribution in [3.8, 4) is 22.6 Å². The maximum absolute atomic E-state index is 4.52. The van der Waals surface area contributed by atoms with Gasteiger partial charge >= 0.3 is 0 Å². The molecule has 2 heterocycles. The van der Waals surface area contributed by atoms with E-state index in [0.717, 1.165) is 28.5 Å². The summed E-state index contributed by atoms with van der Waals surface area (Å²) in [6.45, 7) is 3.98. The van der Waals surface area contributed by atoms with Crippen LogP contribution < -0.4 is 0 Å². The Balaban J connectivity index is 2.09. The summed E-state index contributed by atoms with van der Waals surface area (Å²) in [4.78, 5) is 13.3. The fourth-order valence-electron chi connectivity index (χ4n) is 2.09. The van der Waals surface area contributed by atoms with Crippen molar-refractivity contribution in [3.05, 3.63) is 66.1 Å². The third kappa shape index (κ3) is 2.57. The summed E-state index contributed by atoms with van der Waals surface area (Å²) in [5, 5.41) is 0. The van der Waals surface area contributed by atoms with Gasteiger partial charge in [-0.25, -0.2) is 9.97 Å². The molecule has 0 saturated carbocycles. The molecular formula is C17H15N3. The first kappa shape index (κ1) is 12.5. The lowest BCUT2D eigenvalue weighted by atomic mass is 10.1. The summed E-state index contributed by atoms with van der Waals surface area (Å²) in [5.41, 5.74) is 4.99. The molecule has 0 radical (unpaired) electrons. The number of hydrogen-bond acceptors (Lipinski definition) is 3. The third-order valence-corrected chi connectivity index (χ3v) is 3.11. The second-order valence-corrected chi connectivity index (χ2v) is 4.77. The summed E-state index contributed by atoms with van der Waals surface area (Å²) in [7, 11) is 0. The lowest BCUT2D eigenvalue weighted by Crippen LogP contribution is -1.95. The van der Waals surface area contributed by atoms with E-state index < -0.39 is 0 Å². The van der Waals surface area contributed by atoms with E-state index in [1.165, 1.54) is 5.56 Å². The Bertz CT molecular complexity index is 719. The van der Waals surface area contributed by atoms with E-state index in [9.17, 15) is 0 Å². The Morgan fingerprint density at radius 3 is 2.20 bits per heavy atom. The second-order valence-electron chi connectivity index (χ2n) is 4.77. The summed E-state index contributed by atoms with van der Waals surface area (Å²) in [6.07, 6.45) is 1.78. The zero-order valence-corrected chi connectivity index (χ0v) is 11.5. The van der Waals surface area contributed by atoms with E-state index in [-0.39, 0.29) is 0 Å². The molecular weight excluding hydrogens is 246 g/mol. The Kier molecular flexibility index (Phi) is 3.25. The zero-order chi connectivity index (χ0) is 13.9. The van der Waals surface area contributed by atoms with Crippen LogP contribution in [-0.4, -0.2) is 15.0 Å². The molecule has 2 aromatic heterocycles. The Morgan fingerprint density at radius 1 is 0.750 bits per heavy atom. The molecule has 0 atom stereocenters. The number of hydrogen-bond donors (Lipinski definition) is 0. The van der Waals surface area contributed by atoms with Crippen LogP contribution in [0.4, 0.5) is 0 Å². The highest BCUT2D eigenvalue weighted by Gasteiger charge is 2.07. The minimum atomic E-state index is 0.753. The van der Waals surface area contributed by atoms with Crippen molar-refractivity contribution in [1.29, 1.82) is 0 Å². The number of benzene rings is 1. The van der Waals surface area contributed by atoms with Gasteiger partial charge in [-0.3, -0.25) is 4.98 Å². The van der Waals surface area contributed by atoms with Crippen LogP contribution in [-0.2, 0) is 0 Å². The van der Waals surface area contributed by atoms with Crippen LogP contribution in [0.25, 0.3) is 22.6 Å². The highest BCUT2D eigenvalue weighted by atomic mass is 14.9. The van der Waals surface area contributed by atoms with E-state index >= 15 is 0 Å². The molecule has 3 nitrogen and oxygen atoms in total. The predicted octanol–water partition coefficient (Wildman–Crippen LogP) is 3.82. The normalized spacial score (nSPS) is 10.5. The van der Waals surface area contributed by atoms with Gasteiger partial charge in [0.05, 0.1) is 17.1 Å². The quantitative estimate of drug-likeness (QED) is 0.704. The number of nitrogens with zero attached hydrogens (tertiary/aromatic N) is 3. The lowest BCUT2D eigenvalue weighted by Gasteiger charge is -2.06. The minimum absolute atomic E-state index is 0.753. The van der Waals surface area contributed by atoms with Gasteiger partial charge in [-0.2, -0.15) is 0 Å². The maximum atomic E-state index is 4.52. The van der Waals surface area contributed by atoms with Crippen molar-refractivity contribution in [2.24, 2.45) is 0 Å². The first-order valence-corrected chi connectivity index (χ1v) is 6.56. The molecule has 0 unspecified atom stereocenters. The second kappa shape index (κ2) is 5.21. The van der Waals surface area contributed by atoms with Gasteiger partial charge in [-0.15, -0.1) is 0 Å². The SMILES string of the molecule is Cc1ccc(-c2cc(-c3ccccn3)nc(C)n2)cc1. The van der Waals surface area contributed by atoms with Crippen molar-refractivity contribution >= 4 is 0 Å². The Labute approximate surface area is 118 Å². The van der Waals surface area contributed by atoms with E-state index in [4.69, 9.17) is 0 Å². The largest absolute Gasteiger partial charge is 0.255 e. The average Bonchev–Trinajstić information content (AvgIpc) is 2.48. The van der Waals surface area contributed by atoms with E-state index in [0.29, 0.717) is 0 Å².